The van der Waals surface area contributed by atoms with E-state index in [0.717, 1.165) is 6.42 Å². The van der Waals surface area contributed by atoms with Gasteiger partial charge in [0.05, 0.1) is 12.2 Å². The van der Waals surface area contributed by atoms with E-state index in [9.17, 15) is 4.79 Å². The average Bonchev–Trinajstić information content (AvgIpc) is 2.89. The Morgan fingerprint density at radius 2 is 2.17 bits per heavy atom. The van der Waals surface area contributed by atoms with Gasteiger partial charge in [0, 0.05) is 23.5 Å². The summed E-state index contributed by atoms with van der Waals surface area (Å²) < 4.78 is 7.26. The first-order chi connectivity index (χ1) is 8.70. The highest BCUT2D eigenvalue weighted by Gasteiger charge is 2.20. The van der Waals surface area contributed by atoms with Crippen molar-refractivity contribution in [2.45, 2.75) is 20.3 Å². The van der Waals surface area contributed by atoms with Crippen molar-refractivity contribution >= 4 is 5.97 Å². The minimum atomic E-state index is -0.242. The summed E-state index contributed by atoms with van der Waals surface area (Å²) >= 11 is 0. The number of ether oxygens (including phenoxy) is 1. The number of hydrogen-bond acceptors (Lipinski definition) is 2. The molecule has 0 spiro atoms. The number of carbonyl (C=O) groups excluding carboxylic acids is 1. The topological polar surface area (TPSA) is 31.2 Å². The first kappa shape index (κ1) is 11.1. The first-order valence-electron chi connectivity index (χ1n) is 6.18. The maximum Gasteiger partial charge on any atom is 0.338 e. The average molecular weight is 241 g/mol. The summed E-state index contributed by atoms with van der Waals surface area (Å²) in [4.78, 5) is 11.7. The molecule has 1 aromatic carbocycles. The van der Waals surface area contributed by atoms with Crippen molar-refractivity contribution in [3.8, 4) is 5.69 Å². The minimum Gasteiger partial charge on any atom is -0.462 e. The molecule has 0 atom stereocenters. The lowest BCUT2D eigenvalue weighted by atomic mass is 10.1. The summed E-state index contributed by atoms with van der Waals surface area (Å²) in [7, 11) is 0. The first-order valence-corrected chi connectivity index (χ1v) is 6.18. The summed E-state index contributed by atoms with van der Waals surface area (Å²) in [6.45, 7) is 4.33. The van der Waals surface area contributed by atoms with Crippen LogP contribution in [0.4, 0.5) is 0 Å². The van der Waals surface area contributed by atoms with Crippen LogP contribution in [0.3, 0.4) is 0 Å². The van der Waals surface area contributed by atoms with Crippen molar-refractivity contribution in [1.82, 2.24) is 4.57 Å². The zero-order chi connectivity index (χ0) is 12.7. The lowest BCUT2D eigenvalue weighted by molar-refractivity contribution is 0.0526. The Morgan fingerprint density at radius 3 is 2.94 bits per heavy atom. The van der Waals surface area contributed by atoms with Crippen LogP contribution in [0.5, 0.6) is 0 Å². The van der Waals surface area contributed by atoms with Gasteiger partial charge in [0.2, 0.25) is 0 Å². The van der Waals surface area contributed by atoms with E-state index in [1.165, 1.54) is 22.6 Å². The lowest BCUT2D eigenvalue weighted by Crippen LogP contribution is -2.05. The Hall–Kier alpha value is -2.03. The van der Waals surface area contributed by atoms with E-state index in [4.69, 9.17) is 4.74 Å². The molecule has 3 heteroatoms. The molecule has 18 heavy (non-hydrogen) atoms. The Bertz CT molecular complexity index is 625. The van der Waals surface area contributed by atoms with Gasteiger partial charge in [-0.1, -0.05) is 0 Å². The minimum absolute atomic E-state index is 0.242. The Balaban J connectivity index is 2.02. The van der Waals surface area contributed by atoms with Crippen LogP contribution in [-0.4, -0.2) is 17.1 Å². The largest absolute Gasteiger partial charge is 0.462 e. The number of rotatable bonds is 2. The predicted octanol–water partition coefficient (Wildman–Crippen LogP) is 2.87. The highest BCUT2D eigenvalue weighted by atomic mass is 16.5. The molecule has 0 saturated heterocycles. The standard InChI is InChI=1S/C15H15NO2/c1-3-18-15(17)11-5-7-14-12(8-11)9-13-6-4-10(2)16(13)14/h4-8H,3,9H2,1-2H3. The molecule has 1 aromatic heterocycles. The van der Waals surface area contributed by atoms with Crippen LogP contribution in [0.1, 0.15) is 34.2 Å². The molecule has 3 rings (SSSR count). The Morgan fingerprint density at radius 1 is 1.33 bits per heavy atom. The second-order valence-corrected chi connectivity index (χ2v) is 4.54. The highest BCUT2D eigenvalue weighted by Crippen LogP contribution is 2.30. The van der Waals surface area contributed by atoms with Gasteiger partial charge in [-0.3, -0.25) is 0 Å². The molecule has 1 aliphatic heterocycles. The van der Waals surface area contributed by atoms with Crippen molar-refractivity contribution in [1.29, 1.82) is 0 Å². The van der Waals surface area contributed by atoms with E-state index in [2.05, 4.69) is 23.6 Å². The number of benzene rings is 1. The second-order valence-electron chi connectivity index (χ2n) is 4.54. The van der Waals surface area contributed by atoms with Crippen molar-refractivity contribution in [3.63, 3.8) is 0 Å². The Labute approximate surface area is 106 Å². The molecule has 0 N–H and O–H groups in total. The number of fused-ring (bicyclic) bond motifs is 3. The zero-order valence-electron chi connectivity index (χ0n) is 10.6. The van der Waals surface area contributed by atoms with E-state index in [1.54, 1.807) is 0 Å². The molecule has 0 radical (unpaired) electrons. The Kier molecular flexibility index (Phi) is 2.47. The van der Waals surface area contributed by atoms with Gasteiger partial charge < -0.3 is 9.30 Å². The van der Waals surface area contributed by atoms with Crippen LogP contribution in [0.25, 0.3) is 5.69 Å². The molecular weight excluding hydrogens is 226 g/mol. The van der Waals surface area contributed by atoms with Crippen molar-refractivity contribution in [2.75, 3.05) is 6.61 Å². The number of nitrogens with zero attached hydrogens (tertiary/aromatic N) is 1. The van der Waals surface area contributed by atoms with Crippen molar-refractivity contribution in [3.05, 3.63) is 52.8 Å². The van der Waals surface area contributed by atoms with E-state index >= 15 is 0 Å². The molecule has 2 aromatic rings. The summed E-state index contributed by atoms with van der Waals surface area (Å²) in [6, 6.07) is 10.0. The fraction of sp³-hybridized carbons (Fsp3) is 0.267. The van der Waals surface area contributed by atoms with Gasteiger partial charge in [0.15, 0.2) is 0 Å². The third-order valence-corrected chi connectivity index (χ3v) is 3.36. The highest BCUT2D eigenvalue weighted by molar-refractivity contribution is 5.90. The number of hydrogen-bond donors (Lipinski definition) is 0. The maximum atomic E-state index is 11.7. The summed E-state index contributed by atoms with van der Waals surface area (Å²) in [6.07, 6.45) is 0.885. The van der Waals surface area contributed by atoms with Crippen molar-refractivity contribution < 1.29 is 9.53 Å². The summed E-state index contributed by atoms with van der Waals surface area (Å²) in [5, 5.41) is 0. The summed E-state index contributed by atoms with van der Waals surface area (Å²) in [5.74, 6) is -0.242. The number of aromatic nitrogens is 1. The van der Waals surface area contributed by atoms with Gasteiger partial charge in [-0.15, -0.1) is 0 Å². The van der Waals surface area contributed by atoms with Crippen LogP contribution in [0, 0.1) is 6.92 Å². The summed E-state index contributed by atoms with van der Waals surface area (Å²) in [5.41, 5.74) is 5.52. The molecule has 0 unspecified atom stereocenters. The van der Waals surface area contributed by atoms with E-state index < -0.39 is 0 Å². The molecule has 0 saturated carbocycles. The van der Waals surface area contributed by atoms with Gasteiger partial charge in [-0.05, 0) is 49.7 Å². The second kappa shape index (κ2) is 4.02. The van der Waals surface area contributed by atoms with Gasteiger partial charge in [-0.25, -0.2) is 4.79 Å². The predicted molar refractivity (Wildman–Crippen MR) is 69.3 cm³/mol. The van der Waals surface area contributed by atoms with E-state index in [0.29, 0.717) is 12.2 Å². The number of aryl methyl sites for hydroxylation is 1. The number of carbonyl (C=O) groups is 1. The van der Waals surface area contributed by atoms with E-state index in [-0.39, 0.29) is 5.97 Å². The van der Waals surface area contributed by atoms with Gasteiger partial charge in [0.25, 0.3) is 0 Å². The zero-order valence-corrected chi connectivity index (χ0v) is 10.6. The van der Waals surface area contributed by atoms with Gasteiger partial charge in [0.1, 0.15) is 0 Å². The van der Waals surface area contributed by atoms with Gasteiger partial charge in [-0.2, -0.15) is 0 Å². The monoisotopic (exact) mass is 241 g/mol. The van der Waals surface area contributed by atoms with Gasteiger partial charge >= 0.3 is 5.97 Å². The molecule has 0 fully saturated rings. The van der Waals surface area contributed by atoms with Crippen LogP contribution in [0.15, 0.2) is 30.3 Å². The number of esters is 1. The maximum absolute atomic E-state index is 11.7. The third-order valence-electron chi connectivity index (χ3n) is 3.36. The molecule has 3 nitrogen and oxygen atoms in total. The molecule has 2 heterocycles. The van der Waals surface area contributed by atoms with Crippen LogP contribution in [-0.2, 0) is 11.2 Å². The third kappa shape index (κ3) is 1.55. The molecule has 0 amide bonds. The van der Waals surface area contributed by atoms with Crippen LogP contribution < -0.4 is 0 Å². The molecule has 0 aliphatic carbocycles. The van der Waals surface area contributed by atoms with Crippen LogP contribution >= 0.6 is 0 Å². The SMILES string of the molecule is CCOC(=O)c1ccc2c(c1)Cc1ccc(C)n1-2. The molecular formula is C15H15NO2. The molecule has 1 aliphatic rings. The normalized spacial score (nSPS) is 12.1. The smallest absolute Gasteiger partial charge is 0.338 e. The lowest BCUT2D eigenvalue weighted by Gasteiger charge is -2.07. The van der Waals surface area contributed by atoms with Crippen LogP contribution in [0.2, 0.25) is 0 Å². The molecule has 0 bridgehead atoms. The fourth-order valence-corrected chi connectivity index (χ4v) is 2.56. The van der Waals surface area contributed by atoms with Crippen molar-refractivity contribution in [2.24, 2.45) is 0 Å². The quantitative estimate of drug-likeness (QED) is 0.646. The molecule has 92 valence electrons. The van der Waals surface area contributed by atoms with E-state index in [1.807, 2.05) is 25.1 Å². The fourth-order valence-electron chi connectivity index (χ4n) is 2.56.